The molecular weight excluding hydrogens is 403 g/mol. The third-order valence-corrected chi connectivity index (χ3v) is 4.22. The van der Waals surface area contributed by atoms with E-state index < -0.39 is 0 Å². The van der Waals surface area contributed by atoms with Crippen LogP contribution in [0.3, 0.4) is 0 Å². The number of guanidine groups is 1. The lowest BCUT2D eigenvalue weighted by Gasteiger charge is -2.22. The van der Waals surface area contributed by atoms with Crippen LogP contribution in [0.25, 0.3) is 0 Å². The van der Waals surface area contributed by atoms with Crippen LogP contribution in [0.2, 0.25) is 0 Å². The van der Waals surface area contributed by atoms with Crippen LogP contribution in [0.5, 0.6) is 0 Å². The Kier molecular flexibility index (Phi) is 8.90. The van der Waals surface area contributed by atoms with Gasteiger partial charge in [0, 0.05) is 50.7 Å². The molecule has 0 amide bonds. The van der Waals surface area contributed by atoms with E-state index in [1.807, 2.05) is 17.1 Å². The molecule has 1 fully saturated rings. The lowest BCUT2D eigenvalue weighted by molar-refractivity contribution is 0.265. The van der Waals surface area contributed by atoms with Gasteiger partial charge in [-0.1, -0.05) is 6.92 Å². The molecule has 1 aromatic rings. The van der Waals surface area contributed by atoms with Crippen molar-refractivity contribution in [3.8, 4) is 0 Å². The van der Waals surface area contributed by atoms with Crippen LogP contribution in [-0.2, 0) is 6.54 Å². The Bertz CT molecular complexity index is 459. The number of hydrogen-bond acceptors (Lipinski definition) is 3. The highest BCUT2D eigenvalue weighted by Gasteiger charge is 2.31. The van der Waals surface area contributed by atoms with Gasteiger partial charge >= 0.3 is 0 Å². The zero-order valence-electron chi connectivity index (χ0n) is 14.7. The molecule has 0 aliphatic carbocycles. The van der Waals surface area contributed by atoms with E-state index >= 15 is 0 Å². The van der Waals surface area contributed by atoms with Crippen molar-refractivity contribution in [1.82, 2.24) is 25.1 Å². The van der Waals surface area contributed by atoms with E-state index in [2.05, 4.69) is 53.2 Å². The van der Waals surface area contributed by atoms with Crippen LogP contribution >= 0.6 is 24.0 Å². The molecule has 7 heteroatoms. The SMILES string of the molecule is CCNC(=NCCn1ccnc1)NC1CN(C(C)C)CC1C.I. The maximum absolute atomic E-state index is 4.68. The van der Waals surface area contributed by atoms with Crippen LogP contribution in [0.15, 0.2) is 23.7 Å². The Morgan fingerprint density at radius 1 is 1.39 bits per heavy atom. The smallest absolute Gasteiger partial charge is 0.191 e. The summed E-state index contributed by atoms with van der Waals surface area (Å²) in [5.41, 5.74) is 0. The molecule has 2 unspecified atom stereocenters. The van der Waals surface area contributed by atoms with Crippen LogP contribution in [-0.4, -0.2) is 58.7 Å². The maximum Gasteiger partial charge on any atom is 0.191 e. The summed E-state index contributed by atoms with van der Waals surface area (Å²) < 4.78 is 2.05. The predicted molar refractivity (Wildman–Crippen MR) is 106 cm³/mol. The zero-order valence-corrected chi connectivity index (χ0v) is 17.0. The van der Waals surface area contributed by atoms with E-state index in [9.17, 15) is 0 Å². The summed E-state index contributed by atoms with van der Waals surface area (Å²) in [5, 5.41) is 6.95. The van der Waals surface area contributed by atoms with Gasteiger partial charge in [-0.3, -0.25) is 9.89 Å². The average molecular weight is 434 g/mol. The van der Waals surface area contributed by atoms with Gasteiger partial charge in [0.2, 0.25) is 0 Å². The highest BCUT2D eigenvalue weighted by Crippen LogP contribution is 2.18. The molecule has 6 nitrogen and oxygen atoms in total. The second-order valence-corrected chi connectivity index (χ2v) is 6.34. The van der Waals surface area contributed by atoms with Gasteiger partial charge in [-0.2, -0.15) is 0 Å². The van der Waals surface area contributed by atoms with Crippen LogP contribution in [0.1, 0.15) is 27.7 Å². The Labute approximate surface area is 157 Å². The molecule has 2 rings (SSSR count). The van der Waals surface area contributed by atoms with Gasteiger partial charge in [0.25, 0.3) is 0 Å². The van der Waals surface area contributed by atoms with Crippen molar-refractivity contribution in [3.63, 3.8) is 0 Å². The number of imidazole rings is 1. The standard InChI is InChI=1S/C16H30N6.HI/c1-5-18-16(19-7-9-21-8-6-17-12-21)20-15-11-22(13(2)3)10-14(15)4;/h6,8,12-15H,5,7,9-11H2,1-4H3,(H2,18,19,20);1H. The van der Waals surface area contributed by atoms with Gasteiger partial charge in [-0.05, 0) is 26.7 Å². The fraction of sp³-hybridized carbons (Fsp3) is 0.750. The van der Waals surface area contributed by atoms with Crippen molar-refractivity contribution in [2.45, 2.75) is 46.3 Å². The van der Waals surface area contributed by atoms with Crippen molar-refractivity contribution >= 4 is 29.9 Å². The summed E-state index contributed by atoms with van der Waals surface area (Å²) in [6.07, 6.45) is 5.60. The van der Waals surface area contributed by atoms with E-state index in [4.69, 9.17) is 0 Å². The Hall–Kier alpha value is -0.830. The highest BCUT2D eigenvalue weighted by atomic mass is 127. The molecule has 1 aliphatic rings. The molecule has 1 aromatic heterocycles. The molecule has 2 heterocycles. The van der Waals surface area contributed by atoms with Gasteiger partial charge < -0.3 is 15.2 Å². The maximum atomic E-state index is 4.68. The summed E-state index contributed by atoms with van der Waals surface area (Å²) in [7, 11) is 0. The normalized spacial score (nSPS) is 22.2. The fourth-order valence-electron chi connectivity index (χ4n) is 2.81. The number of hydrogen-bond donors (Lipinski definition) is 2. The molecule has 0 spiro atoms. The van der Waals surface area contributed by atoms with Crippen molar-refractivity contribution in [2.24, 2.45) is 10.9 Å². The van der Waals surface area contributed by atoms with E-state index in [1.54, 1.807) is 6.20 Å². The van der Waals surface area contributed by atoms with E-state index in [0.29, 0.717) is 18.0 Å². The second kappa shape index (κ2) is 10.1. The molecule has 132 valence electrons. The van der Waals surface area contributed by atoms with Gasteiger partial charge in [0.1, 0.15) is 0 Å². The molecule has 1 aliphatic heterocycles. The van der Waals surface area contributed by atoms with Gasteiger partial charge in [0.05, 0.1) is 12.9 Å². The summed E-state index contributed by atoms with van der Waals surface area (Å²) in [6, 6.07) is 1.07. The number of nitrogens with one attached hydrogen (secondary N) is 2. The second-order valence-electron chi connectivity index (χ2n) is 6.34. The van der Waals surface area contributed by atoms with Gasteiger partial charge in [0.15, 0.2) is 5.96 Å². The lowest BCUT2D eigenvalue weighted by Crippen LogP contribution is -2.47. The fourth-order valence-corrected chi connectivity index (χ4v) is 2.81. The molecule has 0 saturated carbocycles. The van der Waals surface area contributed by atoms with Gasteiger partial charge in [-0.15, -0.1) is 24.0 Å². The minimum atomic E-state index is 0. The van der Waals surface area contributed by atoms with Crippen molar-refractivity contribution < 1.29 is 0 Å². The predicted octanol–water partition coefficient (Wildman–Crippen LogP) is 1.78. The Morgan fingerprint density at radius 3 is 2.74 bits per heavy atom. The Morgan fingerprint density at radius 2 is 2.17 bits per heavy atom. The molecule has 0 aromatic carbocycles. The Balaban J connectivity index is 0.00000264. The first-order valence-electron chi connectivity index (χ1n) is 8.34. The molecule has 0 radical (unpaired) electrons. The molecule has 1 saturated heterocycles. The topological polar surface area (TPSA) is 57.5 Å². The van der Waals surface area contributed by atoms with Crippen molar-refractivity contribution in [3.05, 3.63) is 18.7 Å². The first-order chi connectivity index (χ1) is 10.6. The number of rotatable bonds is 6. The van der Waals surface area contributed by atoms with E-state index in [-0.39, 0.29) is 24.0 Å². The van der Waals surface area contributed by atoms with Crippen LogP contribution in [0.4, 0.5) is 0 Å². The number of aromatic nitrogens is 2. The molecular formula is C16H31IN6. The summed E-state index contributed by atoms with van der Waals surface area (Å²) >= 11 is 0. The number of aliphatic imine (C=N–C) groups is 1. The zero-order chi connectivity index (χ0) is 15.9. The molecule has 2 N–H and O–H groups in total. The highest BCUT2D eigenvalue weighted by molar-refractivity contribution is 14.0. The van der Waals surface area contributed by atoms with E-state index in [0.717, 1.165) is 38.7 Å². The molecule has 23 heavy (non-hydrogen) atoms. The monoisotopic (exact) mass is 434 g/mol. The molecule has 2 atom stereocenters. The summed E-state index contributed by atoms with van der Waals surface area (Å²) in [6.45, 7) is 13.7. The first kappa shape index (κ1) is 20.2. The first-order valence-corrected chi connectivity index (χ1v) is 8.34. The lowest BCUT2D eigenvalue weighted by atomic mass is 10.1. The number of likely N-dealkylation sites (tertiary alicyclic amines) is 1. The van der Waals surface area contributed by atoms with Crippen molar-refractivity contribution in [1.29, 1.82) is 0 Å². The number of halogens is 1. The van der Waals surface area contributed by atoms with Crippen LogP contribution in [0, 0.1) is 5.92 Å². The average Bonchev–Trinajstić information content (AvgIpc) is 3.10. The minimum absolute atomic E-state index is 0. The summed E-state index contributed by atoms with van der Waals surface area (Å²) in [5.74, 6) is 1.56. The van der Waals surface area contributed by atoms with Gasteiger partial charge in [-0.25, -0.2) is 4.98 Å². The van der Waals surface area contributed by atoms with Crippen LogP contribution < -0.4 is 10.6 Å². The minimum Gasteiger partial charge on any atom is -0.357 e. The molecule has 0 bridgehead atoms. The van der Waals surface area contributed by atoms with Crippen molar-refractivity contribution in [2.75, 3.05) is 26.2 Å². The quantitative estimate of drug-likeness (QED) is 0.407. The third kappa shape index (κ3) is 6.29. The largest absolute Gasteiger partial charge is 0.357 e. The number of nitrogens with zero attached hydrogens (tertiary/aromatic N) is 4. The van der Waals surface area contributed by atoms with E-state index in [1.165, 1.54) is 0 Å². The third-order valence-electron chi connectivity index (χ3n) is 4.22. The summed E-state index contributed by atoms with van der Waals surface area (Å²) in [4.78, 5) is 11.3.